The maximum absolute atomic E-state index is 9.50. The summed E-state index contributed by atoms with van der Waals surface area (Å²) in [5.41, 5.74) is 0. The van der Waals surface area contributed by atoms with Crippen LogP contribution in [0, 0.1) is 0 Å². The first-order chi connectivity index (χ1) is 2.73. The molecule has 0 aliphatic carbocycles. The Balaban J connectivity index is 0. The summed E-state index contributed by atoms with van der Waals surface area (Å²) >= 11 is 0.500. The summed E-state index contributed by atoms with van der Waals surface area (Å²) in [7, 11) is 6.00. The van der Waals surface area contributed by atoms with Crippen molar-refractivity contribution in [2.45, 2.75) is 0 Å². The first-order valence-electron chi connectivity index (χ1n) is 1.53. The molecule has 0 aromatic heterocycles. The number of hydrogen-bond acceptors (Lipinski definition) is 1. The zero-order valence-corrected chi connectivity index (χ0v) is 5.89. The van der Waals surface area contributed by atoms with Crippen LogP contribution in [0.15, 0.2) is 0 Å². The first-order valence-corrected chi connectivity index (χ1v) is 2.12. The van der Waals surface area contributed by atoms with Crippen molar-refractivity contribution in [1.29, 1.82) is 0 Å². The number of rotatable bonds is 0. The van der Waals surface area contributed by atoms with Crippen LogP contribution in [0.2, 0.25) is 0 Å². The summed E-state index contributed by atoms with van der Waals surface area (Å²) in [6.07, 6.45) is 0. The summed E-state index contributed by atoms with van der Waals surface area (Å²) < 4.78 is 9.50. The summed E-state index contributed by atoms with van der Waals surface area (Å²) in [6.45, 7) is 0. The Labute approximate surface area is 50.6 Å². The zero-order valence-electron chi connectivity index (χ0n) is 4.33. The van der Waals surface area contributed by atoms with Crippen LogP contribution in [0.5, 0.6) is 0 Å². The van der Waals surface area contributed by atoms with Crippen LogP contribution in [0.3, 0.4) is 0 Å². The number of halogens is 1. The normalized spacial score (nSPS) is 6.67. The third-order valence-corrected chi connectivity index (χ3v) is 0. The van der Waals surface area contributed by atoms with Crippen LogP contribution in [-0.4, -0.2) is 26.0 Å². The van der Waals surface area contributed by atoms with Crippen molar-refractivity contribution in [3.63, 3.8) is 0 Å². The van der Waals surface area contributed by atoms with E-state index in [4.69, 9.17) is 0 Å². The van der Waals surface area contributed by atoms with E-state index in [0.717, 1.165) is 0 Å². The average molecular weight is 126 g/mol. The molecule has 0 fully saturated rings. The molecule has 0 aromatic carbocycles. The Bertz CT molecular complexity index is 15.5. The quantitative estimate of drug-likeness (QED) is 0.429. The SMILES string of the molecule is CN(C)C.[F][Ti]. The molecule has 0 radical (unpaired) electrons. The fourth-order valence-corrected chi connectivity index (χ4v) is 0. The Kier molecular flexibility index (Phi) is 14.9. The summed E-state index contributed by atoms with van der Waals surface area (Å²) in [4.78, 5) is 2.00. The van der Waals surface area contributed by atoms with Crippen LogP contribution < -0.4 is 0 Å². The van der Waals surface area contributed by atoms with Gasteiger partial charge in [-0.1, -0.05) is 0 Å². The molecule has 0 saturated heterocycles. The van der Waals surface area contributed by atoms with Gasteiger partial charge in [-0.05, 0) is 21.1 Å². The molecule has 0 aliphatic heterocycles. The van der Waals surface area contributed by atoms with Crippen molar-refractivity contribution in [2.75, 3.05) is 21.1 Å². The van der Waals surface area contributed by atoms with Crippen LogP contribution in [0.4, 0.5) is 3.09 Å². The molecule has 0 spiro atoms. The second kappa shape index (κ2) is 9.15. The van der Waals surface area contributed by atoms with Crippen molar-refractivity contribution >= 4 is 0 Å². The Hall–Kier alpha value is 0.604. The van der Waals surface area contributed by atoms with E-state index in [-0.39, 0.29) is 0 Å². The third kappa shape index (κ3) is 164. The predicted molar refractivity (Wildman–Crippen MR) is 20.7 cm³/mol. The van der Waals surface area contributed by atoms with Gasteiger partial charge in [-0.2, -0.15) is 0 Å². The molecule has 0 unspecified atom stereocenters. The van der Waals surface area contributed by atoms with Gasteiger partial charge in [0, 0.05) is 0 Å². The zero-order chi connectivity index (χ0) is 5.58. The topological polar surface area (TPSA) is 3.24 Å². The Morgan fingerprint density at radius 2 is 1.17 bits per heavy atom. The van der Waals surface area contributed by atoms with Gasteiger partial charge in [0.15, 0.2) is 0 Å². The molecular formula is C3H9FNTi. The van der Waals surface area contributed by atoms with Gasteiger partial charge < -0.3 is 4.90 Å². The molecule has 0 heterocycles. The summed E-state index contributed by atoms with van der Waals surface area (Å²) in [5, 5.41) is 0. The van der Waals surface area contributed by atoms with Crippen molar-refractivity contribution in [3.05, 3.63) is 0 Å². The molecule has 3 heteroatoms. The van der Waals surface area contributed by atoms with Crippen LogP contribution >= 0.6 is 0 Å². The second-order valence-electron chi connectivity index (χ2n) is 1.34. The minimum absolute atomic E-state index is 0.500. The van der Waals surface area contributed by atoms with Gasteiger partial charge >= 0.3 is 24.1 Å². The first kappa shape index (κ1) is 9.78. The minimum atomic E-state index is 0.500. The molecule has 0 aliphatic rings. The molecule has 0 N–H and O–H groups in total. The molecule has 0 bridgehead atoms. The van der Waals surface area contributed by atoms with Gasteiger partial charge in [0.2, 0.25) is 0 Å². The maximum atomic E-state index is 9.50. The van der Waals surface area contributed by atoms with E-state index in [9.17, 15) is 3.09 Å². The monoisotopic (exact) mass is 126 g/mol. The fraction of sp³-hybridized carbons (Fsp3) is 1.00. The molecule has 0 rings (SSSR count). The van der Waals surface area contributed by atoms with Gasteiger partial charge in [-0.25, -0.2) is 0 Å². The second-order valence-corrected chi connectivity index (χ2v) is 1.34. The van der Waals surface area contributed by atoms with Crippen LogP contribution in [0.25, 0.3) is 0 Å². The molecule has 6 heavy (non-hydrogen) atoms. The van der Waals surface area contributed by atoms with Crippen molar-refractivity contribution in [1.82, 2.24) is 4.90 Å². The van der Waals surface area contributed by atoms with E-state index in [2.05, 4.69) is 0 Å². The van der Waals surface area contributed by atoms with Gasteiger partial charge in [0.1, 0.15) is 0 Å². The number of hydrogen-bond donors (Lipinski definition) is 0. The van der Waals surface area contributed by atoms with E-state index >= 15 is 0 Å². The molecule has 1 nitrogen and oxygen atoms in total. The average Bonchev–Trinajstić information content (AvgIpc) is 1.41. The van der Waals surface area contributed by atoms with Gasteiger partial charge in [0.05, 0.1) is 0 Å². The van der Waals surface area contributed by atoms with E-state index < -0.39 is 0 Å². The number of nitrogens with zero attached hydrogens (tertiary/aromatic N) is 1. The molecule has 0 atom stereocenters. The van der Waals surface area contributed by atoms with Gasteiger partial charge in [-0.15, -0.1) is 0 Å². The predicted octanol–water partition coefficient (Wildman–Crippen LogP) is 0.596. The van der Waals surface area contributed by atoms with Crippen LogP contribution in [0.1, 0.15) is 0 Å². The van der Waals surface area contributed by atoms with E-state index in [0.29, 0.717) is 21.0 Å². The fourth-order valence-electron chi connectivity index (χ4n) is 0. The molecule has 0 aromatic rings. The van der Waals surface area contributed by atoms with Gasteiger partial charge in [-0.3, -0.25) is 0 Å². The summed E-state index contributed by atoms with van der Waals surface area (Å²) in [6, 6.07) is 0. The molecule has 0 amide bonds. The molecular weight excluding hydrogens is 117 g/mol. The van der Waals surface area contributed by atoms with E-state index in [1.54, 1.807) is 0 Å². The Morgan fingerprint density at radius 3 is 1.17 bits per heavy atom. The van der Waals surface area contributed by atoms with E-state index in [1.165, 1.54) is 0 Å². The van der Waals surface area contributed by atoms with Crippen LogP contribution in [-0.2, 0) is 21.0 Å². The summed E-state index contributed by atoms with van der Waals surface area (Å²) in [5.74, 6) is 0. The standard InChI is InChI=1S/C3H9N.FH.Ti/c1-4(2)3;;/h1-3H3;1H;/q;;+1/p-1. The van der Waals surface area contributed by atoms with Crippen molar-refractivity contribution in [2.24, 2.45) is 0 Å². The molecule has 0 saturated carbocycles. The van der Waals surface area contributed by atoms with E-state index in [1.807, 2.05) is 26.0 Å². The Morgan fingerprint density at radius 1 is 1.17 bits per heavy atom. The van der Waals surface area contributed by atoms with Crippen molar-refractivity contribution in [3.8, 4) is 0 Å². The third-order valence-electron chi connectivity index (χ3n) is 0. The molecule has 37 valence electrons. The van der Waals surface area contributed by atoms with Gasteiger partial charge in [0.25, 0.3) is 0 Å². The van der Waals surface area contributed by atoms with Crippen molar-refractivity contribution < 1.29 is 24.1 Å².